The van der Waals surface area contributed by atoms with Gasteiger partial charge in [-0.2, -0.15) is 0 Å². The van der Waals surface area contributed by atoms with E-state index in [1.165, 1.54) is 29.2 Å². The number of likely N-dealkylation sites (tertiary alicyclic amines) is 1. The molecule has 66 heavy (non-hydrogen) atoms. The van der Waals surface area contributed by atoms with E-state index in [0.717, 1.165) is 0 Å². The third-order valence-electron chi connectivity index (χ3n) is 10.2. The minimum absolute atomic E-state index is 0.00226. The van der Waals surface area contributed by atoms with Crippen molar-refractivity contribution in [2.45, 2.75) is 114 Å². The molecule has 0 unspecified atom stereocenters. The summed E-state index contributed by atoms with van der Waals surface area (Å²) < 4.78 is 0. The number of aliphatic imine (C=N–C) groups is 1. The van der Waals surface area contributed by atoms with E-state index in [9.17, 15) is 63.3 Å². The highest BCUT2D eigenvalue weighted by atomic mass is 16.4. The van der Waals surface area contributed by atoms with Crippen LogP contribution in [0.25, 0.3) is 0 Å². The molecule has 1 saturated heterocycles. The number of nitrogens with one attached hydrogen (secondary N) is 6. The number of hydrogen-bond acceptors (Lipinski definition) is 14. The number of carbonyl (C=O) groups excluding carboxylic acids is 9. The SMILES string of the molecule is CC(C)[C@H](NC(=O)[C@H](CO)NC(=O)CNC(=O)[C@H](Cc1ccc(O)cc1)NC(=O)[C@H](CCC(N)=O)NC(=O)[C@@H](N)CCC(N)=O)C(=O)N1CCC[C@H]1C(=O)N[C@@H](CCCN=C(N)N)C(=O)O. The van der Waals surface area contributed by atoms with Crippen molar-refractivity contribution in [1.82, 2.24) is 36.8 Å². The average molecular weight is 934 g/mol. The molecule has 2 rings (SSSR count). The Hall–Kier alpha value is -7.09. The van der Waals surface area contributed by atoms with Gasteiger partial charge < -0.3 is 80.8 Å². The summed E-state index contributed by atoms with van der Waals surface area (Å²) in [7, 11) is 0. The van der Waals surface area contributed by atoms with Gasteiger partial charge in [0.1, 0.15) is 42.0 Å². The number of hydrogen-bond donors (Lipinski definition) is 14. The van der Waals surface area contributed by atoms with E-state index in [0.29, 0.717) is 12.0 Å². The molecule has 1 heterocycles. The number of primary amides is 2. The molecule has 1 aromatic rings. The van der Waals surface area contributed by atoms with E-state index in [1.54, 1.807) is 13.8 Å². The minimum Gasteiger partial charge on any atom is -0.508 e. The van der Waals surface area contributed by atoms with Gasteiger partial charge in [-0.15, -0.1) is 0 Å². The maximum Gasteiger partial charge on any atom is 0.326 e. The molecule has 1 aliphatic rings. The van der Waals surface area contributed by atoms with Gasteiger partial charge in [0.05, 0.1) is 19.2 Å². The first-order valence-corrected chi connectivity index (χ1v) is 21.1. The van der Waals surface area contributed by atoms with E-state index in [2.05, 4.69) is 36.9 Å². The summed E-state index contributed by atoms with van der Waals surface area (Å²) in [5.74, 6) is -9.83. The first-order chi connectivity index (χ1) is 31.0. The summed E-state index contributed by atoms with van der Waals surface area (Å²) in [6.07, 6.45) is -0.459. The van der Waals surface area contributed by atoms with Crippen LogP contribution in [0.15, 0.2) is 29.3 Å². The fourth-order valence-corrected chi connectivity index (χ4v) is 6.62. The molecule has 0 bridgehead atoms. The quantitative estimate of drug-likeness (QED) is 0.0211. The maximum atomic E-state index is 13.8. The van der Waals surface area contributed by atoms with E-state index in [4.69, 9.17) is 28.7 Å². The number of guanidine groups is 1. The smallest absolute Gasteiger partial charge is 0.326 e. The normalized spacial score (nSPS) is 16.0. The second-order valence-electron chi connectivity index (χ2n) is 15.9. The number of aromatic hydroxyl groups is 1. The van der Waals surface area contributed by atoms with Crippen molar-refractivity contribution in [2.24, 2.45) is 39.6 Å². The Kier molecular flexibility index (Phi) is 22.8. The van der Waals surface area contributed by atoms with Crippen molar-refractivity contribution < 1.29 is 63.3 Å². The zero-order chi connectivity index (χ0) is 49.7. The number of aliphatic hydroxyl groups excluding tert-OH is 1. The molecule has 1 aromatic carbocycles. The second-order valence-corrected chi connectivity index (χ2v) is 15.9. The van der Waals surface area contributed by atoms with Crippen molar-refractivity contribution >= 4 is 65.1 Å². The predicted octanol–water partition coefficient (Wildman–Crippen LogP) is -5.89. The fourth-order valence-electron chi connectivity index (χ4n) is 6.62. The standard InChI is InChI=1S/C40H63N13O13/c1-20(2)32(38(64)53-16-4-6-28(53)37(63)50-25(39(65)66)5-3-15-46-40(44)45)52-36(62)27(19-54)48-31(58)18-47-34(60)26(17-21-7-9-22(55)10-8-21)51-35(61)24(12-14-30(43)57)49-33(59)23(41)11-13-29(42)56/h7-10,20,23-28,32,54-55H,3-6,11-19,41H2,1-2H3,(H2,42,56)(H2,43,57)(H,47,60)(H,48,58)(H,49,59)(H,50,63)(H,51,61)(H,52,62)(H,65,66)(H4,44,45,46)/t23-,24-,25-,26-,27-,28-,32-/m0/s1. The van der Waals surface area contributed by atoms with Crippen LogP contribution in [-0.2, 0) is 54.4 Å². The number of aliphatic hydroxyl groups is 1. The van der Waals surface area contributed by atoms with Crippen LogP contribution >= 0.6 is 0 Å². The van der Waals surface area contributed by atoms with E-state index in [-0.39, 0.29) is 76.2 Å². The number of carboxylic acids is 1. The molecule has 0 saturated carbocycles. The van der Waals surface area contributed by atoms with E-state index < -0.39 is 120 Å². The first-order valence-electron chi connectivity index (χ1n) is 21.1. The van der Waals surface area contributed by atoms with Crippen LogP contribution in [0.2, 0.25) is 0 Å². The summed E-state index contributed by atoms with van der Waals surface area (Å²) in [5, 5.41) is 43.9. The second kappa shape index (κ2) is 27.3. The lowest BCUT2D eigenvalue weighted by Gasteiger charge is -2.31. The molecular formula is C40H63N13O13. The predicted molar refractivity (Wildman–Crippen MR) is 234 cm³/mol. The Balaban J connectivity index is 2.16. The van der Waals surface area contributed by atoms with Gasteiger partial charge in [0.15, 0.2) is 5.96 Å². The number of nitrogens with two attached hydrogens (primary N) is 5. The van der Waals surface area contributed by atoms with Gasteiger partial charge in [0.25, 0.3) is 0 Å². The van der Waals surface area contributed by atoms with Crippen molar-refractivity contribution in [3.63, 3.8) is 0 Å². The zero-order valence-electron chi connectivity index (χ0n) is 36.8. The summed E-state index contributed by atoms with van der Waals surface area (Å²) >= 11 is 0. The summed E-state index contributed by atoms with van der Waals surface area (Å²) in [5.41, 5.74) is 27.3. The molecule has 26 nitrogen and oxygen atoms in total. The van der Waals surface area contributed by atoms with Gasteiger partial charge >= 0.3 is 5.97 Å². The average Bonchev–Trinajstić information content (AvgIpc) is 3.75. The summed E-state index contributed by atoms with van der Waals surface area (Å²) in [6, 6.07) is -3.91. The van der Waals surface area contributed by atoms with Crippen molar-refractivity contribution in [1.29, 1.82) is 0 Å². The monoisotopic (exact) mass is 933 g/mol. The fraction of sp³-hybridized carbons (Fsp3) is 0.575. The topological polar surface area (TPSA) is 449 Å². The molecule has 0 radical (unpaired) electrons. The Morgan fingerprint density at radius 2 is 1.36 bits per heavy atom. The van der Waals surface area contributed by atoms with Gasteiger partial charge in [-0.05, 0) is 62.1 Å². The molecule has 0 spiro atoms. The molecule has 1 fully saturated rings. The number of nitrogens with zero attached hydrogens (tertiary/aromatic N) is 2. The van der Waals surface area contributed by atoms with Crippen molar-refractivity contribution in [3.8, 4) is 5.75 Å². The summed E-state index contributed by atoms with van der Waals surface area (Å²) in [6.45, 7) is 1.70. The molecular weight excluding hydrogens is 871 g/mol. The number of phenolic OH excluding ortho intramolecular Hbond substituents is 1. The third kappa shape index (κ3) is 18.9. The van der Waals surface area contributed by atoms with Gasteiger partial charge in [-0.25, -0.2) is 4.79 Å². The van der Waals surface area contributed by atoms with E-state index in [1.807, 2.05) is 0 Å². The molecule has 26 heteroatoms. The summed E-state index contributed by atoms with van der Waals surface area (Å²) in [4.78, 5) is 133. The highest BCUT2D eigenvalue weighted by Gasteiger charge is 2.40. The molecule has 0 aromatic heterocycles. The van der Waals surface area contributed by atoms with Crippen molar-refractivity contribution in [3.05, 3.63) is 29.8 Å². The van der Waals surface area contributed by atoms with E-state index >= 15 is 0 Å². The van der Waals surface area contributed by atoms with Crippen LogP contribution in [0.1, 0.15) is 70.8 Å². The van der Waals surface area contributed by atoms with Crippen LogP contribution in [-0.4, -0.2) is 154 Å². The molecule has 1 aliphatic heterocycles. The van der Waals surface area contributed by atoms with Crippen LogP contribution in [0.3, 0.4) is 0 Å². The third-order valence-corrected chi connectivity index (χ3v) is 10.2. The number of rotatable bonds is 28. The number of carboxylic acid groups (broad SMARTS) is 1. The first kappa shape index (κ1) is 55.0. The van der Waals surface area contributed by atoms with Crippen LogP contribution in [0.5, 0.6) is 5.75 Å². The molecule has 9 amide bonds. The van der Waals surface area contributed by atoms with Gasteiger partial charge in [-0.3, -0.25) is 48.1 Å². The largest absolute Gasteiger partial charge is 0.508 e. The highest BCUT2D eigenvalue weighted by molar-refractivity contribution is 5.97. The highest BCUT2D eigenvalue weighted by Crippen LogP contribution is 2.21. The number of carbonyl (C=O) groups is 10. The Bertz CT molecular complexity index is 1930. The Labute approximate surface area is 379 Å². The number of phenols is 1. The molecule has 0 aliphatic carbocycles. The number of benzene rings is 1. The lowest BCUT2D eigenvalue weighted by atomic mass is 10.0. The van der Waals surface area contributed by atoms with Crippen LogP contribution < -0.4 is 60.6 Å². The lowest BCUT2D eigenvalue weighted by molar-refractivity contribution is -0.145. The Morgan fingerprint density at radius 3 is 1.94 bits per heavy atom. The van der Waals surface area contributed by atoms with Crippen LogP contribution in [0.4, 0.5) is 0 Å². The van der Waals surface area contributed by atoms with Gasteiger partial charge in [-0.1, -0.05) is 26.0 Å². The number of aliphatic carboxylic acids is 1. The van der Waals surface area contributed by atoms with Crippen LogP contribution in [0, 0.1) is 5.92 Å². The lowest BCUT2D eigenvalue weighted by Crippen LogP contribution is -2.60. The molecule has 7 atom stereocenters. The van der Waals surface area contributed by atoms with Gasteiger partial charge in [0.2, 0.25) is 53.2 Å². The van der Waals surface area contributed by atoms with Crippen molar-refractivity contribution in [2.75, 3.05) is 26.2 Å². The molecule has 366 valence electrons. The maximum absolute atomic E-state index is 13.8. The minimum atomic E-state index is -1.65. The molecule has 19 N–H and O–H groups in total. The Morgan fingerprint density at radius 1 is 0.758 bits per heavy atom. The zero-order valence-corrected chi connectivity index (χ0v) is 36.8. The van der Waals surface area contributed by atoms with Gasteiger partial charge in [0, 0.05) is 32.4 Å². The number of amides is 9.